The topological polar surface area (TPSA) is 0 Å². The third-order valence-corrected chi connectivity index (χ3v) is 5.24. The zero-order chi connectivity index (χ0) is 9.54. The minimum atomic E-state index is 1.07. The van der Waals surface area contributed by atoms with Crippen LogP contribution in [0.1, 0.15) is 45.4 Å². The van der Waals surface area contributed by atoms with Crippen LogP contribution in [0.25, 0.3) is 0 Å². The highest BCUT2D eigenvalue weighted by Crippen LogP contribution is 2.61. The van der Waals surface area contributed by atoms with Gasteiger partial charge in [-0.2, -0.15) is 0 Å². The molecular formula is C14H22. The van der Waals surface area contributed by atoms with Crippen LogP contribution in [-0.2, 0) is 0 Å². The summed E-state index contributed by atoms with van der Waals surface area (Å²) in [6, 6.07) is 0. The van der Waals surface area contributed by atoms with E-state index < -0.39 is 0 Å². The molecule has 0 saturated heterocycles. The predicted molar refractivity (Wildman–Crippen MR) is 60.0 cm³/mol. The average Bonchev–Trinajstić information content (AvgIpc) is 2.85. The van der Waals surface area contributed by atoms with Crippen molar-refractivity contribution in [1.29, 1.82) is 0 Å². The molecule has 3 rings (SSSR count). The van der Waals surface area contributed by atoms with Gasteiger partial charge < -0.3 is 0 Å². The van der Waals surface area contributed by atoms with Gasteiger partial charge in [-0.15, -0.1) is 0 Å². The van der Waals surface area contributed by atoms with Gasteiger partial charge in [-0.05, 0) is 68.6 Å². The van der Waals surface area contributed by atoms with E-state index in [-0.39, 0.29) is 0 Å². The monoisotopic (exact) mass is 190 g/mol. The lowest BCUT2D eigenvalue weighted by Gasteiger charge is -2.30. The van der Waals surface area contributed by atoms with Crippen LogP contribution in [0.3, 0.4) is 0 Å². The lowest BCUT2D eigenvalue weighted by atomic mass is 9.74. The van der Waals surface area contributed by atoms with E-state index in [4.69, 9.17) is 0 Å². The molecule has 0 aromatic heterocycles. The van der Waals surface area contributed by atoms with E-state index in [1.807, 2.05) is 0 Å². The van der Waals surface area contributed by atoms with Gasteiger partial charge in [0.25, 0.3) is 0 Å². The van der Waals surface area contributed by atoms with Crippen LogP contribution in [0.4, 0.5) is 0 Å². The van der Waals surface area contributed by atoms with Crippen LogP contribution in [0.5, 0.6) is 0 Å². The van der Waals surface area contributed by atoms with E-state index >= 15 is 0 Å². The molecule has 0 nitrogen and oxygen atoms in total. The number of hydrogen-bond acceptors (Lipinski definition) is 0. The van der Waals surface area contributed by atoms with Crippen LogP contribution in [-0.4, -0.2) is 0 Å². The van der Waals surface area contributed by atoms with Gasteiger partial charge >= 0.3 is 0 Å². The Balaban J connectivity index is 1.70. The minimum Gasteiger partial charge on any atom is -0.0917 e. The van der Waals surface area contributed by atoms with Gasteiger partial charge in [0.15, 0.2) is 0 Å². The third kappa shape index (κ3) is 1.19. The SMILES string of the molecule is CC=CCC1CC2CC1C1CCCC21. The Bertz CT molecular complexity index is 240. The second-order valence-corrected chi connectivity index (χ2v) is 5.72. The molecule has 0 radical (unpaired) electrons. The first-order chi connectivity index (χ1) is 6.90. The van der Waals surface area contributed by atoms with E-state index in [9.17, 15) is 0 Å². The van der Waals surface area contributed by atoms with Crippen molar-refractivity contribution in [2.24, 2.45) is 29.6 Å². The zero-order valence-electron chi connectivity index (χ0n) is 9.28. The highest BCUT2D eigenvalue weighted by molar-refractivity contribution is 5.04. The molecule has 0 heteroatoms. The summed E-state index contributed by atoms with van der Waals surface area (Å²) in [5, 5.41) is 0. The highest BCUT2D eigenvalue weighted by atomic mass is 14.6. The molecule has 0 aromatic rings. The van der Waals surface area contributed by atoms with Gasteiger partial charge in [0.1, 0.15) is 0 Å². The molecule has 5 atom stereocenters. The summed E-state index contributed by atoms with van der Waals surface area (Å²) in [5.41, 5.74) is 0. The summed E-state index contributed by atoms with van der Waals surface area (Å²) in [4.78, 5) is 0. The first-order valence-electron chi connectivity index (χ1n) is 6.51. The summed E-state index contributed by atoms with van der Waals surface area (Å²) < 4.78 is 0. The summed E-state index contributed by atoms with van der Waals surface area (Å²) >= 11 is 0. The number of fused-ring (bicyclic) bond motifs is 5. The van der Waals surface area contributed by atoms with E-state index in [1.54, 1.807) is 32.1 Å². The summed E-state index contributed by atoms with van der Waals surface area (Å²) in [6.07, 6.45) is 13.8. The molecule has 3 aliphatic rings. The molecular weight excluding hydrogens is 168 g/mol. The van der Waals surface area contributed by atoms with Gasteiger partial charge in [0, 0.05) is 0 Å². The van der Waals surface area contributed by atoms with Crippen molar-refractivity contribution in [3.8, 4) is 0 Å². The molecule has 3 fully saturated rings. The Morgan fingerprint density at radius 3 is 2.79 bits per heavy atom. The minimum absolute atomic E-state index is 1.07. The second-order valence-electron chi connectivity index (χ2n) is 5.72. The predicted octanol–water partition coefficient (Wildman–Crippen LogP) is 4.02. The number of allylic oxidation sites excluding steroid dienone is 2. The molecule has 0 aliphatic heterocycles. The van der Waals surface area contributed by atoms with Crippen molar-refractivity contribution in [2.45, 2.75) is 45.4 Å². The third-order valence-electron chi connectivity index (χ3n) is 5.24. The Morgan fingerprint density at radius 1 is 1.07 bits per heavy atom. The van der Waals surface area contributed by atoms with Crippen molar-refractivity contribution in [3.05, 3.63) is 12.2 Å². The smallest absolute Gasteiger partial charge is 0.0319 e. The molecule has 3 aliphatic carbocycles. The van der Waals surface area contributed by atoms with Gasteiger partial charge in [-0.1, -0.05) is 18.6 Å². The molecule has 0 amide bonds. The Hall–Kier alpha value is -0.260. The maximum atomic E-state index is 2.40. The average molecular weight is 190 g/mol. The number of rotatable bonds is 2. The molecule has 0 heterocycles. The van der Waals surface area contributed by atoms with Crippen molar-refractivity contribution >= 4 is 0 Å². The molecule has 5 unspecified atom stereocenters. The molecule has 14 heavy (non-hydrogen) atoms. The Kier molecular flexibility index (Phi) is 2.18. The van der Waals surface area contributed by atoms with Gasteiger partial charge in [0.2, 0.25) is 0 Å². The molecule has 78 valence electrons. The lowest BCUT2D eigenvalue weighted by Crippen LogP contribution is -2.23. The van der Waals surface area contributed by atoms with E-state index in [0.717, 1.165) is 23.7 Å². The normalized spacial score (nSPS) is 50.5. The van der Waals surface area contributed by atoms with Crippen LogP contribution >= 0.6 is 0 Å². The Labute approximate surface area is 87.8 Å². The standard InChI is InChI=1S/C14H22/c1-2-3-5-10-8-11-9-14(10)13-7-4-6-12(11)13/h2-3,10-14H,4-9H2,1H3. The van der Waals surface area contributed by atoms with Crippen LogP contribution in [0.15, 0.2) is 12.2 Å². The van der Waals surface area contributed by atoms with Crippen molar-refractivity contribution in [2.75, 3.05) is 0 Å². The van der Waals surface area contributed by atoms with Crippen LogP contribution in [0, 0.1) is 29.6 Å². The first-order valence-corrected chi connectivity index (χ1v) is 6.51. The van der Waals surface area contributed by atoms with Crippen molar-refractivity contribution in [1.82, 2.24) is 0 Å². The fourth-order valence-corrected chi connectivity index (χ4v) is 4.79. The van der Waals surface area contributed by atoms with E-state index in [0.29, 0.717) is 0 Å². The molecule has 0 spiro atoms. The summed E-state index contributed by atoms with van der Waals surface area (Å²) in [7, 11) is 0. The highest BCUT2D eigenvalue weighted by Gasteiger charge is 2.52. The quantitative estimate of drug-likeness (QED) is 0.577. The fourth-order valence-electron chi connectivity index (χ4n) is 4.79. The van der Waals surface area contributed by atoms with E-state index in [2.05, 4.69) is 19.1 Å². The van der Waals surface area contributed by atoms with Crippen molar-refractivity contribution in [3.63, 3.8) is 0 Å². The van der Waals surface area contributed by atoms with Crippen LogP contribution in [0.2, 0.25) is 0 Å². The molecule has 2 bridgehead atoms. The molecule has 3 saturated carbocycles. The van der Waals surface area contributed by atoms with Crippen LogP contribution < -0.4 is 0 Å². The van der Waals surface area contributed by atoms with Gasteiger partial charge in [-0.25, -0.2) is 0 Å². The fraction of sp³-hybridized carbons (Fsp3) is 0.857. The molecule has 0 N–H and O–H groups in total. The Morgan fingerprint density at radius 2 is 1.93 bits per heavy atom. The molecule has 0 aromatic carbocycles. The largest absolute Gasteiger partial charge is 0.0917 e. The maximum Gasteiger partial charge on any atom is -0.0319 e. The van der Waals surface area contributed by atoms with E-state index in [1.165, 1.54) is 12.3 Å². The van der Waals surface area contributed by atoms with Crippen molar-refractivity contribution < 1.29 is 0 Å². The number of hydrogen-bond donors (Lipinski definition) is 0. The van der Waals surface area contributed by atoms with Gasteiger partial charge in [-0.3, -0.25) is 0 Å². The van der Waals surface area contributed by atoms with Gasteiger partial charge in [0.05, 0.1) is 0 Å². The summed E-state index contributed by atoms with van der Waals surface area (Å²) in [6.45, 7) is 2.16. The first kappa shape index (κ1) is 9.00. The summed E-state index contributed by atoms with van der Waals surface area (Å²) in [5.74, 6) is 5.66. The maximum absolute atomic E-state index is 2.40. The lowest BCUT2D eigenvalue weighted by molar-refractivity contribution is 0.190. The second kappa shape index (κ2) is 3.40. The zero-order valence-corrected chi connectivity index (χ0v) is 9.28.